The molecular formula is C18H24N2O3. The summed E-state index contributed by atoms with van der Waals surface area (Å²) in [4.78, 5) is 25.6. The van der Waals surface area contributed by atoms with Crippen LogP contribution in [0.15, 0.2) is 18.2 Å². The molecule has 2 amide bonds. The molecule has 1 aromatic carbocycles. The van der Waals surface area contributed by atoms with E-state index in [1.807, 2.05) is 18.2 Å². The number of carbonyl (C=O) groups is 2. The minimum Gasteiger partial charge on any atom is -0.482 e. The molecule has 1 fully saturated rings. The van der Waals surface area contributed by atoms with E-state index in [1.165, 1.54) is 6.42 Å². The van der Waals surface area contributed by atoms with E-state index in [0.717, 1.165) is 30.5 Å². The summed E-state index contributed by atoms with van der Waals surface area (Å²) in [6.07, 6.45) is 4.35. The second kappa shape index (κ2) is 6.60. The number of nitrogens with zero attached hydrogens (tertiary/aromatic N) is 1. The molecule has 3 rings (SSSR count). The fourth-order valence-electron chi connectivity index (χ4n) is 3.43. The highest BCUT2D eigenvalue weighted by molar-refractivity contribution is 5.97. The van der Waals surface area contributed by atoms with Gasteiger partial charge in [0.1, 0.15) is 5.75 Å². The van der Waals surface area contributed by atoms with Gasteiger partial charge in [-0.15, -0.1) is 0 Å². The van der Waals surface area contributed by atoms with Gasteiger partial charge in [-0.1, -0.05) is 25.8 Å². The van der Waals surface area contributed by atoms with Crippen LogP contribution in [-0.4, -0.2) is 25.5 Å². The highest BCUT2D eigenvalue weighted by atomic mass is 16.5. The molecule has 1 N–H and O–H groups in total. The number of amides is 2. The molecule has 0 spiro atoms. The molecule has 2 atom stereocenters. The summed E-state index contributed by atoms with van der Waals surface area (Å²) in [5.41, 5.74) is 1.74. The Morgan fingerprint density at radius 2 is 2.22 bits per heavy atom. The Labute approximate surface area is 137 Å². The van der Waals surface area contributed by atoms with Crippen LogP contribution >= 0.6 is 0 Å². The van der Waals surface area contributed by atoms with E-state index in [9.17, 15) is 9.59 Å². The lowest BCUT2D eigenvalue weighted by atomic mass is 9.82. The minimum absolute atomic E-state index is 0.0603. The van der Waals surface area contributed by atoms with Crippen LogP contribution in [0.25, 0.3) is 0 Å². The lowest BCUT2D eigenvalue weighted by molar-refractivity contribution is -0.126. The third kappa shape index (κ3) is 3.49. The highest BCUT2D eigenvalue weighted by Gasteiger charge is 2.25. The number of fused-ring (bicyclic) bond motifs is 1. The molecule has 1 aromatic rings. The normalized spacial score (nSPS) is 23.9. The summed E-state index contributed by atoms with van der Waals surface area (Å²) in [7, 11) is 1.75. The van der Waals surface area contributed by atoms with E-state index in [4.69, 9.17) is 4.74 Å². The average Bonchev–Trinajstić information content (AvgIpc) is 2.56. The van der Waals surface area contributed by atoms with Crippen LogP contribution in [0.1, 0.15) is 38.2 Å². The smallest absolute Gasteiger partial charge is 0.264 e. The summed E-state index contributed by atoms with van der Waals surface area (Å²) in [6.45, 7) is 2.79. The Balaban J connectivity index is 1.62. The van der Waals surface area contributed by atoms with Crippen molar-refractivity contribution in [1.82, 2.24) is 5.32 Å². The first-order valence-electron chi connectivity index (χ1n) is 8.34. The number of ether oxygens (including phenoxy) is 1. The van der Waals surface area contributed by atoms with Crippen molar-refractivity contribution >= 4 is 17.5 Å². The van der Waals surface area contributed by atoms with Gasteiger partial charge in [0.15, 0.2) is 6.61 Å². The molecule has 23 heavy (non-hydrogen) atoms. The number of hydrogen-bond acceptors (Lipinski definition) is 3. The van der Waals surface area contributed by atoms with E-state index in [2.05, 4.69) is 12.2 Å². The molecular weight excluding hydrogens is 292 g/mol. The maximum atomic E-state index is 12.3. The molecule has 0 saturated heterocycles. The molecule has 5 nitrogen and oxygen atoms in total. The summed E-state index contributed by atoms with van der Waals surface area (Å²) in [5, 5.41) is 3.04. The molecule has 1 saturated carbocycles. The molecule has 5 heteroatoms. The largest absolute Gasteiger partial charge is 0.482 e. The number of anilines is 1. The van der Waals surface area contributed by atoms with Gasteiger partial charge >= 0.3 is 0 Å². The van der Waals surface area contributed by atoms with Crippen molar-refractivity contribution in [3.05, 3.63) is 23.8 Å². The summed E-state index contributed by atoms with van der Waals surface area (Å²) in [6, 6.07) is 5.71. The fourth-order valence-corrected chi connectivity index (χ4v) is 3.43. The maximum Gasteiger partial charge on any atom is 0.264 e. The van der Waals surface area contributed by atoms with Gasteiger partial charge in [-0.2, -0.15) is 0 Å². The molecule has 0 bridgehead atoms. The van der Waals surface area contributed by atoms with Crippen LogP contribution in [-0.2, 0) is 16.1 Å². The third-order valence-electron chi connectivity index (χ3n) is 4.88. The topological polar surface area (TPSA) is 58.6 Å². The van der Waals surface area contributed by atoms with Crippen LogP contribution in [0.3, 0.4) is 0 Å². The van der Waals surface area contributed by atoms with Gasteiger partial charge in [-0.3, -0.25) is 9.59 Å². The number of carbonyl (C=O) groups excluding carboxylic acids is 2. The van der Waals surface area contributed by atoms with Gasteiger partial charge in [-0.25, -0.2) is 0 Å². The van der Waals surface area contributed by atoms with Crippen molar-refractivity contribution in [3.63, 3.8) is 0 Å². The molecule has 2 unspecified atom stereocenters. The van der Waals surface area contributed by atoms with Crippen LogP contribution < -0.4 is 15.0 Å². The Morgan fingerprint density at radius 1 is 1.39 bits per heavy atom. The van der Waals surface area contributed by atoms with Crippen LogP contribution in [0.5, 0.6) is 5.75 Å². The van der Waals surface area contributed by atoms with Gasteiger partial charge in [0, 0.05) is 19.5 Å². The molecule has 0 aromatic heterocycles. The van der Waals surface area contributed by atoms with E-state index >= 15 is 0 Å². The van der Waals surface area contributed by atoms with Crippen molar-refractivity contribution in [2.24, 2.45) is 11.8 Å². The monoisotopic (exact) mass is 316 g/mol. The second-order valence-corrected chi connectivity index (χ2v) is 6.73. The van der Waals surface area contributed by atoms with Crippen molar-refractivity contribution in [2.75, 3.05) is 18.6 Å². The molecule has 1 heterocycles. The summed E-state index contributed by atoms with van der Waals surface area (Å²) < 4.78 is 5.42. The maximum absolute atomic E-state index is 12.3. The number of nitrogens with one attached hydrogen (secondary N) is 1. The van der Waals surface area contributed by atoms with Crippen molar-refractivity contribution in [2.45, 2.75) is 39.2 Å². The Hall–Kier alpha value is -2.04. The van der Waals surface area contributed by atoms with Gasteiger partial charge in [0.05, 0.1) is 5.69 Å². The average molecular weight is 316 g/mol. The summed E-state index contributed by atoms with van der Waals surface area (Å²) in [5.74, 6) is 1.58. The van der Waals surface area contributed by atoms with Crippen LogP contribution in [0, 0.1) is 11.8 Å². The summed E-state index contributed by atoms with van der Waals surface area (Å²) >= 11 is 0. The van der Waals surface area contributed by atoms with Gasteiger partial charge in [-0.05, 0) is 36.5 Å². The molecule has 2 aliphatic rings. The standard InChI is InChI=1S/C18H24N2O3/c1-12-4-3-5-14(8-12)18(22)19-10-13-6-7-16-15(9-13)20(2)17(21)11-23-16/h6-7,9,12,14H,3-5,8,10-11H2,1-2H3,(H,19,22). The van der Waals surface area contributed by atoms with Crippen LogP contribution in [0.2, 0.25) is 0 Å². The first kappa shape index (κ1) is 15.8. The lowest BCUT2D eigenvalue weighted by Gasteiger charge is -2.27. The third-order valence-corrected chi connectivity index (χ3v) is 4.88. The molecule has 1 aliphatic heterocycles. The fraction of sp³-hybridized carbons (Fsp3) is 0.556. The van der Waals surface area contributed by atoms with Crippen molar-refractivity contribution < 1.29 is 14.3 Å². The predicted octanol–water partition coefficient (Wildman–Crippen LogP) is 2.48. The van der Waals surface area contributed by atoms with Crippen molar-refractivity contribution in [1.29, 1.82) is 0 Å². The predicted molar refractivity (Wildman–Crippen MR) is 88.3 cm³/mol. The number of hydrogen-bond donors (Lipinski definition) is 1. The zero-order valence-electron chi connectivity index (χ0n) is 13.8. The number of rotatable bonds is 3. The zero-order valence-corrected chi connectivity index (χ0v) is 13.8. The minimum atomic E-state index is -0.0603. The number of benzene rings is 1. The van der Waals surface area contributed by atoms with Gasteiger partial charge in [0.2, 0.25) is 5.91 Å². The molecule has 0 radical (unpaired) electrons. The molecule has 1 aliphatic carbocycles. The Bertz CT molecular complexity index is 614. The Kier molecular flexibility index (Phi) is 4.55. The molecule has 124 valence electrons. The van der Waals surface area contributed by atoms with E-state index < -0.39 is 0 Å². The van der Waals surface area contributed by atoms with E-state index in [1.54, 1.807) is 11.9 Å². The van der Waals surface area contributed by atoms with E-state index in [0.29, 0.717) is 18.2 Å². The zero-order chi connectivity index (χ0) is 16.4. The van der Waals surface area contributed by atoms with Crippen molar-refractivity contribution in [3.8, 4) is 5.75 Å². The Morgan fingerprint density at radius 3 is 3.00 bits per heavy atom. The van der Waals surface area contributed by atoms with Gasteiger partial charge < -0.3 is 15.0 Å². The first-order chi connectivity index (χ1) is 11.0. The van der Waals surface area contributed by atoms with Crippen LogP contribution in [0.4, 0.5) is 5.69 Å². The SMILES string of the molecule is CC1CCCC(C(=O)NCc2ccc3c(c2)N(C)C(=O)CO3)C1. The van der Waals surface area contributed by atoms with Gasteiger partial charge in [0.25, 0.3) is 5.91 Å². The van der Waals surface area contributed by atoms with E-state index in [-0.39, 0.29) is 24.3 Å². The lowest BCUT2D eigenvalue weighted by Crippen LogP contribution is -2.36. The second-order valence-electron chi connectivity index (χ2n) is 6.73. The highest BCUT2D eigenvalue weighted by Crippen LogP contribution is 2.32. The first-order valence-corrected chi connectivity index (χ1v) is 8.34. The number of likely N-dealkylation sites (N-methyl/N-ethyl adjacent to an activating group) is 1. The quantitative estimate of drug-likeness (QED) is 0.932.